The van der Waals surface area contributed by atoms with Gasteiger partial charge in [-0.05, 0) is 37.5 Å². The minimum atomic E-state index is -3.70. The Morgan fingerprint density at radius 3 is 2.84 bits per heavy atom. The molecule has 1 fully saturated rings. The maximum absolute atomic E-state index is 12.5. The zero-order valence-electron chi connectivity index (χ0n) is 13.5. The Kier molecular flexibility index (Phi) is 4.04. The predicted molar refractivity (Wildman–Crippen MR) is 94.0 cm³/mol. The highest BCUT2D eigenvalue weighted by Crippen LogP contribution is 2.36. The molecule has 0 bridgehead atoms. The summed E-state index contributed by atoms with van der Waals surface area (Å²) < 4.78 is 32.9. The number of thiophene rings is 1. The summed E-state index contributed by atoms with van der Waals surface area (Å²) in [6, 6.07) is 4.98. The van der Waals surface area contributed by atoms with Crippen molar-refractivity contribution in [1.29, 1.82) is 0 Å². The third-order valence-corrected chi connectivity index (χ3v) is 6.94. The Bertz CT molecular complexity index is 989. The summed E-state index contributed by atoms with van der Waals surface area (Å²) >= 11 is 1.11. The second-order valence-electron chi connectivity index (χ2n) is 6.06. The van der Waals surface area contributed by atoms with Crippen LogP contribution in [0.4, 0.5) is 5.82 Å². The summed E-state index contributed by atoms with van der Waals surface area (Å²) in [7, 11) is -3.70. The third-order valence-electron chi connectivity index (χ3n) is 4.14. The number of aryl methyl sites for hydroxylation is 1. The van der Waals surface area contributed by atoms with Gasteiger partial charge < -0.3 is 4.52 Å². The quantitative estimate of drug-likeness (QED) is 0.731. The molecule has 25 heavy (non-hydrogen) atoms. The number of hydrogen-bond donors (Lipinski definition) is 1. The van der Waals surface area contributed by atoms with E-state index in [1.165, 1.54) is 6.42 Å². The maximum atomic E-state index is 12.5. The van der Waals surface area contributed by atoms with Crippen molar-refractivity contribution in [2.75, 3.05) is 4.72 Å². The lowest BCUT2D eigenvalue weighted by molar-refractivity contribution is 0.292. The highest BCUT2D eigenvalue weighted by atomic mass is 32.2. The van der Waals surface area contributed by atoms with Crippen LogP contribution in [0, 0.1) is 6.92 Å². The molecule has 1 N–H and O–H groups in total. The fourth-order valence-corrected chi connectivity index (χ4v) is 4.63. The van der Waals surface area contributed by atoms with Crippen LogP contribution in [0.1, 0.15) is 36.6 Å². The molecule has 130 valence electrons. The number of hydrogen-bond acceptors (Lipinski definition) is 7. The lowest BCUT2D eigenvalue weighted by Crippen LogP contribution is -2.12. The van der Waals surface area contributed by atoms with Gasteiger partial charge in [0, 0.05) is 23.1 Å². The number of rotatable bonds is 5. The summed E-state index contributed by atoms with van der Waals surface area (Å²) in [4.78, 5) is 8.46. The van der Waals surface area contributed by atoms with Crippen LogP contribution >= 0.6 is 11.3 Å². The van der Waals surface area contributed by atoms with Crippen LogP contribution in [0.3, 0.4) is 0 Å². The number of aromatic nitrogens is 3. The first kappa shape index (κ1) is 16.2. The van der Waals surface area contributed by atoms with E-state index in [1.54, 1.807) is 29.8 Å². The lowest BCUT2D eigenvalue weighted by atomic mass is 9.85. The molecule has 1 saturated carbocycles. The Morgan fingerprint density at radius 1 is 1.32 bits per heavy atom. The first-order valence-corrected chi connectivity index (χ1v) is 10.3. The van der Waals surface area contributed by atoms with Crippen LogP contribution in [0.2, 0.25) is 0 Å². The van der Waals surface area contributed by atoms with E-state index in [0.29, 0.717) is 23.2 Å². The molecule has 7 nitrogen and oxygen atoms in total. The van der Waals surface area contributed by atoms with Crippen molar-refractivity contribution < 1.29 is 12.9 Å². The number of pyridine rings is 1. The Morgan fingerprint density at radius 2 is 2.16 bits per heavy atom. The van der Waals surface area contributed by atoms with Gasteiger partial charge >= 0.3 is 0 Å². The van der Waals surface area contributed by atoms with Crippen molar-refractivity contribution in [3.63, 3.8) is 0 Å². The fraction of sp³-hybridized carbons (Fsp3) is 0.312. The molecule has 9 heteroatoms. The molecule has 0 aliphatic heterocycles. The van der Waals surface area contributed by atoms with Crippen molar-refractivity contribution in [2.45, 2.75) is 36.3 Å². The van der Waals surface area contributed by atoms with Crippen LogP contribution in [0.15, 0.2) is 38.5 Å². The molecule has 4 rings (SSSR count). The highest BCUT2D eigenvalue weighted by molar-refractivity contribution is 7.94. The zero-order valence-corrected chi connectivity index (χ0v) is 15.1. The molecule has 1 aliphatic carbocycles. The van der Waals surface area contributed by atoms with Gasteiger partial charge in [0.2, 0.25) is 11.7 Å². The Hall–Kier alpha value is -2.26. The van der Waals surface area contributed by atoms with Crippen LogP contribution in [0.5, 0.6) is 0 Å². The summed E-state index contributed by atoms with van der Waals surface area (Å²) in [6.45, 7) is 1.89. The molecule has 0 spiro atoms. The van der Waals surface area contributed by atoms with Crippen LogP contribution < -0.4 is 4.72 Å². The number of nitrogens with one attached hydrogen (secondary N) is 1. The number of sulfonamides is 1. The largest absolute Gasteiger partial charge is 0.339 e. The van der Waals surface area contributed by atoms with Gasteiger partial charge in [-0.2, -0.15) is 4.98 Å². The van der Waals surface area contributed by atoms with Crippen LogP contribution in [-0.2, 0) is 10.0 Å². The van der Waals surface area contributed by atoms with Gasteiger partial charge in [-0.15, -0.1) is 11.3 Å². The molecule has 0 amide bonds. The molecule has 3 heterocycles. The van der Waals surface area contributed by atoms with E-state index in [0.717, 1.165) is 29.7 Å². The first-order chi connectivity index (χ1) is 12.0. The normalized spacial score (nSPS) is 15.1. The summed E-state index contributed by atoms with van der Waals surface area (Å²) in [5.74, 6) is 1.69. The molecule has 0 radical (unpaired) electrons. The average molecular weight is 376 g/mol. The molecule has 0 unspecified atom stereocenters. The van der Waals surface area contributed by atoms with Gasteiger partial charge in [0.25, 0.3) is 10.0 Å². The Labute approximate surface area is 149 Å². The third kappa shape index (κ3) is 3.29. The minimum absolute atomic E-state index is 0.180. The fourth-order valence-electron chi connectivity index (χ4n) is 2.46. The molecule has 1 aliphatic rings. The van der Waals surface area contributed by atoms with E-state index < -0.39 is 10.0 Å². The van der Waals surface area contributed by atoms with Crippen molar-refractivity contribution in [3.05, 3.63) is 41.2 Å². The number of nitrogens with zero attached hydrogens (tertiary/aromatic N) is 3. The van der Waals surface area contributed by atoms with Crippen LogP contribution in [-0.4, -0.2) is 23.5 Å². The van der Waals surface area contributed by atoms with Gasteiger partial charge in [0.1, 0.15) is 10.0 Å². The smallest absolute Gasteiger partial charge is 0.272 e. The van der Waals surface area contributed by atoms with E-state index in [9.17, 15) is 8.42 Å². The SMILES string of the molecule is Cc1ccc(NS(=O)(=O)c2cc(-c3noc(C4CCC4)n3)cs2)nc1. The Balaban J connectivity index is 1.55. The molecular weight excluding hydrogens is 360 g/mol. The van der Waals surface area contributed by atoms with Crippen LogP contribution in [0.25, 0.3) is 11.4 Å². The zero-order chi connectivity index (χ0) is 17.4. The summed E-state index contributed by atoms with van der Waals surface area (Å²) in [6.07, 6.45) is 4.93. The molecule has 3 aromatic heterocycles. The standard InChI is InChI=1S/C16H16N4O3S2/c1-10-5-6-13(17-8-10)20-25(21,22)14-7-12(9-24-14)15-18-16(23-19-15)11-3-2-4-11/h5-9,11H,2-4H2,1H3,(H,17,20). The first-order valence-electron chi connectivity index (χ1n) is 7.89. The van der Waals surface area contributed by atoms with Gasteiger partial charge in [0.15, 0.2) is 0 Å². The monoisotopic (exact) mass is 376 g/mol. The lowest BCUT2D eigenvalue weighted by Gasteiger charge is -2.20. The molecule has 0 aromatic carbocycles. The summed E-state index contributed by atoms with van der Waals surface area (Å²) in [5, 5.41) is 5.69. The van der Waals surface area contributed by atoms with E-state index in [2.05, 4.69) is 19.8 Å². The van der Waals surface area contributed by atoms with Gasteiger partial charge in [-0.1, -0.05) is 17.6 Å². The van der Waals surface area contributed by atoms with Crippen molar-refractivity contribution in [1.82, 2.24) is 15.1 Å². The molecule has 3 aromatic rings. The second-order valence-corrected chi connectivity index (χ2v) is 8.89. The van der Waals surface area contributed by atoms with E-state index >= 15 is 0 Å². The maximum Gasteiger partial charge on any atom is 0.272 e. The second kappa shape index (κ2) is 6.23. The van der Waals surface area contributed by atoms with Gasteiger partial charge in [0.05, 0.1) is 0 Å². The van der Waals surface area contributed by atoms with E-state index in [4.69, 9.17) is 4.52 Å². The topological polar surface area (TPSA) is 98.0 Å². The van der Waals surface area contributed by atoms with Crippen molar-refractivity contribution >= 4 is 27.2 Å². The van der Waals surface area contributed by atoms with Gasteiger partial charge in [-0.3, -0.25) is 4.72 Å². The summed E-state index contributed by atoms with van der Waals surface area (Å²) in [5.41, 5.74) is 1.59. The van der Waals surface area contributed by atoms with E-state index in [1.807, 2.05) is 6.92 Å². The molecular formula is C16H16N4O3S2. The predicted octanol–water partition coefficient (Wildman–Crippen LogP) is 3.57. The van der Waals surface area contributed by atoms with Crippen molar-refractivity contribution in [3.8, 4) is 11.4 Å². The minimum Gasteiger partial charge on any atom is -0.339 e. The highest BCUT2D eigenvalue weighted by Gasteiger charge is 2.26. The van der Waals surface area contributed by atoms with Crippen molar-refractivity contribution in [2.24, 2.45) is 0 Å². The van der Waals surface area contributed by atoms with E-state index in [-0.39, 0.29) is 10.0 Å². The average Bonchev–Trinajstić information content (AvgIpc) is 3.17. The van der Waals surface area contributed by atoms with Gasteiger partial charge in [-0.25, -0.2) is 13.4 Å². The molecule has 0 atom stereocenters. The molecule has 0 saturated heterocycles. The number of anilines is 1.